The number of oxime groups is 1. The molecule has 1 N–H and O–H groups in total. The second-order valence-electron chi connectivity index (χ2n) is 14.5. The number of methoxy groups -OCH3 is 1. The molecule has 14 nitrogen and oxygen atoms in total. The molecule has 3 fully saturated rings. The first-order valence-corrected chi connectivity index (χ1v) is 17.5. The van der Waals surface area contributed by atoms with Crippen LogP contribution in [0.15, 0.2) is 10.3 Å². The molecule has 0 bridgehead atoms. The minimum absolute atomic E-state index is 0.233. The van der Waals surface area contributed by atoms with Gasteiger partial charge >= 0.3 is 12.1 Å². The van der Waals surface area contributed by atoms with Crippen LogP contribution in [-0.2, 0) is 38.1 Å². The van der Waals surface area contributed by atoms with Crippen molar-refractivity contribution in [1.82, 2.24) is 9.91 Å². The van der Waals surface area contributed by atoms with E-state index in [1.54, 1.807) is 20.1 Å². The molecule has 0 spiro atoms. The van der Waals surface area contributed by atoms with Crippen molar-refractivity contribution in [3.63, 3.8) is 0 Å². The largest absolute Gasteiger partial charge is 0.457 e. The Morgan fingerprint density at radius 3 is 2.27 bits per heavy atom. The highest BCUT2D eigenvalue weighted by Gasteiger charge is 2.60. The van der Waals surface area contributed by atoms with Crippen molar-refractivity contribution in [3.05, 3.63) is 0 Å². The van der Waals surface area contributed by atoms with E-state index in [4.69, 9.17) is 28.5 Å². The zero-order valence-electron chi connectivity index (χ0n) is 31.7. The van der Waals surface area contributed by atoms with E-state index >= 15 is 0 Å². The number of cyclic esters (lactones) is 1. The van der Waals surface area contributed by atoms with Crippen LogP contribution < -0.4 is 0 Å². The summed E-state index contributed by atoms with van der Waals surface area (Å²) in [5.41, 5.74) is -1.95. The fourth-order valence-corrected chi connectivity index (χ4v) is 7.92. The summed E-state index contributed by atoms with van der Waals surface area (Å²) in [7, 11) is 6.75. The third kappa shape index (κ3) is 8.30. The molecular formula is C35H60N4O10. The Hall–Kier alpha value is -2.65. The number of fused-ring (bicyclic) bond motifs is 1. The van der Waals surface area contributed by atoms with Gasteiger partial charge in [0.25, 0.3) is 0 Å². The third-order valence-corrected chi connectivity index (χ3v) is 10.7. The van der Waals surface area contributed by atoms with Crippen molar-refractivity contribution in [2.45, 2.75) is 142 Å². The lowest BCUT2D eigenvalue weighted by atomic mass is 9.73. The van der Waals surface area contributed by atoms with Crippen LogP contribution in [0, 0.1) is 23.7 Å². The number of hydrogen-bond donors (Lipinski definition) is 1. The summed E-state index contributed by atoms with van der Waals surface area (Å²) in [6.45, 7) is 16.3. The van der Waals surface area contributed by atoms with Gasteiger partial charge in [-0.05, 0) is 67.5 Å². The van der Waals surface area contributed by atoms with Gasteiger partial charge in [-0.3, -0.25) is 9.59 Å². The van der Waals surface area contributed by atoms with Crippen molar-refractivity contribution >= 4 is 29.8 Å². The predicted molar refractivity (Wildman–Crippen MR) is 183 cm³/mol. The fraction of sp³-hybridized carbons (Fsp3) is 0.857. The Kier molecular flexibility index (Phi) is 13.8. The first-order chi connectivity index (χ1) is 22.9. The molecule has 0 aromatic rings. The molecule has 3 aliphatic rings. The second-order valence-corrected chi connectivity index (χ2v) is 14.5. The number of hydrazone groups is 1. The van der Waals surface area contributed by atoms with Gasteiger partial charge in [-0.1, -0.05) is 39.8 Å². The molecule has 1 amide bonds. The fourth-order valence-electron chi connectivity index (χ4n) is 7.92. The lowest BCUT2D eigenvalue weighted by Gasteiger charge is -2.47. The number of aliphatic hydroxyl groups excluding tert-OH is 1. The summed E-state index contributed by atoms with van der Waals surface area (Å²) in [4.78, 5) is 48.8. The van der Waals surface area contributed by atoms with Crippen molar-refractivity contribution in [2.24, 2.45) is 33.9 Å². The number of carbonyl (C=O) groups excluding carboxylic acids is 3. The van der Waals surface area contributed by atoms with E-state index in [0.29, 0.717) is 25.0 Å². The van der Waals surface area contributed by atoms with Crippen LogP contribution in [0.25, 0.3) is 0 Å². The van der Waals surface area contributed by atoms with Crippen molar-refractivity contribution in [3.8, 4) is 0 Å². The Morgan fingerprint density at radius 2 is 1.71 bits per heavy atom. The summed E-state index contributed by atoms with van der Waals surface area (Å²) in [5, 5.41) is 21.6. The Morgan fingerprint density at radius 1 is 1.06 bits per heavy atom. The van der Waals surface area contributed by atoms with Gasteiger partial charge in [0.15, 0.2) is 17.7 Å². The lowest BCUT2D eigenvalue weighted by Crippen LogP contribution is -2.60. The number of ketones is 1. The van der Waals surface area contributed by atoms with Crippen LogP contribution in [0.5, 0.6) is 0 Å². The Bertz CT molecular complexity index is 1230. The van der Waals surface area contributed by atoms with E-state index in [0.717, 1.165) is 0 Å². The van der Waals surface area contributed by atoms with E-state index < -0.39 is 77.4 Å². The first-order valence-electron chi connectivity index (χ1n) is 17.5. The number of hydrogen-bond acceptors (Lipinski definition) is 13. The van der Waals surface area contributed by atoms with Gasteiger partial charge in [0, 0.05) is 37.1 Å². The van der Waals surface area contributed by atoms with E-state index in [1.165, 1.54) is 26.2 Å². The molecule has 13 atom stereocenters. The number of esters is 1. The summed E-state index contributed by atoms with van der Waals surface area (Å²) in [6, 6.07) is -1.02. The number of aliphatic hydroxyl groups is 1. The number of nitrogens with zero attached hydrogens (tertiary/aromatic N) is 4. The summed E-state index contributed by atoms with van der Waals surface area (Å²) < 4.78 is 31.1. The average Bonchev–Trinajstić information content (AvgIpc) is 3.31. The van der Waals surface area contributed by atoms with Crippen LogP contribution in [0.3, 0.4) is 0 Å². The maximum Gasteiger partial charge on any atom is 0.431 e. The van der Waals surface area contributed by atoms with Crippen LogP contribution in [-0.4, -0.2) is 127 Å². The van der Waals surface area contributed by atoms with E-state index in [-0.39, 0.29) is 24.5 Å². The molecule has 14 heteroatoms. The average molecular weight is 697 g/mol. The number of likely N-dealkylation sites (N-methyl/N-ethyl adjacent to an activating group) is 1. The lowest BCUT2D eigenvalue weighted by molar-refractivity contribution is -0.295. The minimum Gasteiger partial charge on any atom is -0.457 e. The quantitative estimate of drug-likeness (QED) is 0.169. The molecular weight excluding hydrogens is 636 g/mol. The van der Waals surface area contributed by atoms with Crippen molar-refractivity contribution < 1.29 is 48.0 Å². The normalized spacial score (nSPS) is 42.3. The van der Waals surface area contributed by atoms with Crippen LogP contribution in [0.2, 0.25) is 0 Å². The molecule has 0 aromatic heterocycles. The highest BCUT2D eigenvalue weighted by Crippen LogP contribution is 2.43. The zero-order valence-corrected chi connectivity index (χ0v) is 31.7. The number of amides is 1. The molecule has 3 rings (SSSR count). The first kappa shape index (κ1) is 40.8. The van der Waals surface area contributed by atoms with E-state index in [1.807, 2.05) is 60.5 Å². The smallest absolute Gasteiger partial charge is 0.431 e. The Balaban J connectivity index is 2.22. The van der Waals surface area contributed by atoms with Gasteiger partial charge in [0.05, 0.1) is 23.5 Å². The summed E-state index contributed by atoms with van der Waals surface area (Å²) in [5.74, 6) is -4.16. The number of ether oxygens (including phenoxy) is 5. The topological polar surface area (TPSA) is 158 Å². The van der Waals surface area contributed by atoms with Crippen molar-refractivity contribution in [1.29, 1.82) is 0 Å². The third-order valence-electron chi connectivity index (χ3n) is 10.7. The van der Waals surface area contributed by atoms with Gasteiger partial charge in [0.2, 0.25) is 0 Å². The van der Waals surface area contributed by atoms with Crippen molar-refractivity contribution in [2.75, 3.05) is 28.3 Å². The molecule has 0 aromatic carbocycles. The van der Waals surface area contributed by atoms with Gasteiger partial charge in [-0.15, -0.1) is 0 Å². The molecule has 49 heavy (non-hydrogen) atoms. The summed E-state index contributed by atoms with van der Waals surface area (Å²) >= 11 is 0. The van der Waals surface area contributed by atoms with Crippen LogP contribution >= 0.6 is 0 Å². The zero-order chi connectivity index (χ0) is 37.0. The number of Topliss-reactive ketones (excluding diaryl/α,β-unsaturated/α-hetero) is 1. The van der Waals surface area contributed by atoms with Gasteiger partial charge < -0.3 is 38.5 Å². The summed E-state index contributed by atoms with van der Waals surface area (Å²) in [6.07, 6.45) is -1.57. The number of carbonyl (C=O) groups is 3. The molecule has 3 heterocycles. The number of rotatable bonds is 8. The molecule has 3 aliphatic heterocycles. The highest BCUT2D eigenvalue weighted by atomic mass is 16.7. The second kappa shape index (κ2) is 16.6. The van der Waals surface area contributed by atoms with Gasteiger partial charge in [-0.25, -0.2) is 4.79 Å². The molecule has 280 valence electrons. The predicted octanol–water partition coefficient (Wildman–Crippen LogP) is 4.02. The van der Waals surface area contributed by atoms with E-state index in [9.17, 15) is 19.5 Å². The minimum atomic E-state index is -1.36. The maximum atomic E-state index is 14.2. The van der Waals surface area contributed by atoms with E-state index in [2.05, 4.69) is 10.3 Å². The monoisotopic (exact) mass is 696 g/mol. The van der Waals surface area contributed by atoms with Crippen LogP contribution in [0.1, 0.15) is 88.0 Å². The highest BCUT2D eigenvalue weighted by molar-refractivity contribution is 6.00. The van der Waals surface area contributed by atoms with Crippen LogP contribution in [0.4, 0.5) is 4.79 Å². The maximum absolute atomic E-state index is 14.2. The van der Waals surface area contributed by atoms with Gasteiger partial charge in [0.1, 0.15) is 31.3 Å². The molecule has 0 radical (unpaired) electrons. The SMILES string of the molecule is CC/C=N/N1C(=O)OC2(C)C1C(C)/C(=N/OC)C(C)CC(C)(OC)C(OC1OC(C)CC(N(C)C)C1O)C(C)C(=O)C(C)C(=O)O[C@@H]2CC. The standard InChI is InChI=1S/C35H60N4O10/c1-14-16-36-39-29-21(5)26(37-45-13)19(3)18-34(8,44-12)30(48-32-28(41)24(38(10)11)17-20(4)46-32)22(6)27(40)23(7)31(42)47-25(15-2)35(29,9)49-33(39)43/h16,19-25,28-30,32,41H,14-15,17-18H2,1-13H3/b36-16+,37-26+/t19?,20?,21?,22?,23?,24?,25-,28?,29?,30?,32?,34?,35?/m1/s1. The molecule has 0 aliphatic carbocycles. The molecule has 3 saturated heterocycles. The van der Waals surface area contributed by atoms with Gasteiger partial charge in [-0.2, -0.15) is 10.1 Å². The molecule has 0 saturated carbocycles. The Labute approximate surface area is 291 Å². The molecule has 12 unspecified atom stereocenters.